The summed E-state index contributed by atoms with van der Waals surface area (Å²) in [5.74, 6) is 0.403. The van der Waals surface area contributed by atoms with Crippen LogP contribution in [-0.4, -0.2) is 45.6 Å². The first-order valence-corrected chi connectivity index (χ1v) is 10.2. The number of nitrogens with two attached hydrogens (primary N) is 1. The number of carbonyl (C=O) groups is 1. The lowest BCUT2D eigenvalue weighted by Crippen LogP contribution is -2.45. The van der Waals surface area contributed by atoms with Crippen molar-refractivity contribution in [3.05, 3.63) is 47.8 Å². The van der Waals surface area contributed by atoms with E-state index in [0.29, 0.717) is 23.2 Å². The van der Waals surface area contributed by atoms with Gasteiger partial charge in [-0.2, -0.15) is 5.10 Å². The number of rotatable bonds is 4. The SMILES string of the molecule is C[C@@H]1CCC(c2cnn(C3CCC3)c2)CN1C(=O)c1ccccc1N.N=CC=N. The maximum atomic E-state index is 13.0. The summed E-state index contributed by atoms with van der Waals surface area (Å²) in [6.45, 7) is 2.87. The molecule has 1 unspecified atom stereocenters. The lowest BCUT2D eigenvalue weighted by molar-refractivity contribution is 0.0611. The zero-order valence-electron chi connectivity index (χ0n) is 16.9. The van der Waals surface area contributed by atoms with Crippen LogP contribution in [0.2, 0.25) is 0 Å². The molecule has 0 spiro atoms. The van der Waals surface area contributed by atoms with E-state index in [1.54, 1.807) is 6.07 Å². The summed E-state index contributed by atoms with van der Waals surface area (Å²) in [5.41, 5.74) is 8.45. The number of benzene rings is 1. The monoisotopic (exact) mass is 394 g/mol. The van der Waals surface area contributed by atoms with Gasteiger partial charge in [0, 0.05) is 42.8 Å². The molecule has 2 fully saturated rings. The van der Waals surface area contributed by atoms with Crippen molar-refractivity contribution in [1.82, 2.24) is 14.7 Å². The molecular formula is C22H30N6O. The molecule has 2 aliphatic rings. The van der Waals surface area contributed by atoms with Crippen LogP contribution in [-0.2, 0) is 0 Å². The molecule has 1 aromatic carbocycles. The summed E-state index contributed by atoms with van der Waals surface area (Å²) < 4.78 is 2.12. The van der Waals surface area contributed by atoms with Crippen LogP contribution >= 0.6 is 0 Å². The standard InChI is InChI=1S/C20H26N4O.C2H4N2/c1-14-9-10-15(16-11-22-24(13-16)17-5-4-6-17)12-23(14)20(25)18-7-2-3-8-19(18)21;3-1-2-4/h2-3,7-8,11,13-15,17H,4-6,9-10,12,21H2,1H3;1-4H/t14-,15?;/m1./s1. The van der Waals surface area contributed by atoms with Crippen LogP contribution in [0.4, 0.5) is 5.69 Å². The Balaban J connectivity index is 0.000000552. The Bertz CT molecular complexity index is 850. The minimum atomic E-state index is 0.0432. The van der Waals surface area contributed by atoms with E-state index in [1.165, 1.54) is 24.8 Å². The third kappa shape index (κ3) is 4.72. The summed E-state index contributed by atoms with van der Waals surface area (Å²) in [4.78, 5) is 15.0. The van der Waals surface area contributed by atoms with Crippen LogP contribution in [0, 0.1) is 10.8 Å². The Kier molecular flexibility index (Phi) is 6.80. The number of hydrogen-bond acceptors (Lipinski definition) is 5. The van der Waals surface area contributed by atoms with Crippen molar-refractivity contribution in [1.29, 1.82) is 10.8 Å². The molecule has 7 heteroatoms. The lowest BCUT2D eigenvalue weighted by Gasteiger charge is -2.38. The number of nitrogen functional groups attached to an aromatic ring is 1. The average molecular weight is 395 g/mol. The Morgan fingerprint density at radius 2 is 1.90 bits per heavy atom. The second-order valence-corrected chi connectivity index (χ2v) is 7.84. The van der Waals surface area contributed by atoms with Gasteiger partial charge >= 0.3 is 0 Å². The molecule has 7 nitrogen and oxygen atoms in total. The van der Waals surface area contributed by atoms with Gasteiger partial charge in [-0.25, -0.2) is 0 Å². The Hall–Kier alpha value is -2.96. The van der Waals surface area contributed by atoms with Crippen molar-refractivity contribution in [2.24, 2.45) is 0 Å². The zero-order chi connectivity index (χ0) is 20.8. The summed E-state index contributed by atoms with van der Waals surface area (Å²) in [7, 11) is 0. The van der Waals surface area contributed by atoms with E-state index in [-0.39, 0.29) is 11.9 Å². The summed E-state index contributed by atoms with van der Waals surface area (Å²) in [6.07, 6.45) is 11.9. The molecule has 1 amide bonds. The van der Waals surface area contributed by atoms with Crippen molar-refractivity contribution in [3.8, 4) is 0 Å². The topological polar surface area (TPSA) is 112 Å². The van der Waals surface area contributed by atoms with Crippen LogP contribution in [0.1, 0.15) is 66.9 Å². The van der Waals surface area contributed by atoms with Crippen molar-refractivity contribution >= 4 is 24.0 Å². The van der Waals surface area contributed by atoms with Gasteiger partial charge in [-0.15, -0.1) is 0 Å². The van der Waals surface area contributed by atoms with Crippen LogP contribution in [0.5, 0.6) is 0 Å². The Morgan fingerprint density at radius 1 is 1.17 bits per heavy atom. The van der Waals surface area contributed by atoms with Gasteiger partial charge in [0.25, 0.3) is 5.91 Å². The maximum absolute atomic E-state index is 13.0. The molecule has 2 aromatic rings. The number of hydrogen-bond donors (Lipinski definition) is 3. The van der Waals surface area contributed by atoms with Crippen LogP contribution in [0.3, 0.4) is 0 Å². The average Bonchev–Trinajstić information content (AvgIpc) is 3.16. The number of anilines is 1. The fourth-order valence-electron chi connectivity index (χ4n) is 3.92. The molecule has 4 N–H and O–H groups in total. The van der Waals surface area contributed by atoms with E-state index in [0.717, 1.165) is 31.8 Å². The molecule has 29 heavy (non-hydrogen) atoms. The number of nitrogens with one attached hydrogen (secondary N) is 2. The van der Waals surface area contributed by atoms with Crippen LogP contribution < -0.4 is 5.73 Å². The Labute approximate surface area is 171 Å². The highest BCUT2D eigenvalue weighted by Crippen LogP contribution is 2.34. The third-order valence-electron chi connectivity index (χ3n) is 5.96. The predicted octanol–water partition coefficient (Wildman–Crippen LogP) is 3.88. The van der Waals surface area contributed by atoms with E-state index in [1.807, 2.05) is 29.3 Å². The molecule has 0 bridgehead atoms. The zero-order valence-corrected chi connectivity index (χ0v) is 16.9. The summed E-state index contributed by atoms with van der Waals surface area (Å²) in [5, 5.41) is 16.7. The first-order valence-electron chi connectivity index (χ1n) is 10.2. The molecule has 2 atom stereocenters. The van der Waals surface area contributed by atoms with Gasteiger partial charge in [0.2, 0.25) is 0 Å². The van der Waals surface area contributed by atoms with E-state index >= 15 is 0 Å². The third-order valence-corrected chi connectivity index (χ3v) is 5.96. The second-order valence-electron chi connectivity index (χ2n) is 7.84. The minimum Gasteiger partial charge on any atom is -0.398 e. The first kappa shape index (κ1) is 20.8. The van der Waals surface area contributed by atoms with Crippen molar-refractivity contribution in [3.63, 3.8) is 0 Å². The highest BCUT2D eigenvalue weighted by Gasteiger charge is 2.32. The summed E-state index contributed by atoms with van der Waals surface area (Å²) >= 11 is 0. The molecule has 4 rings (SSSR count). The van der Waals surface area contributed by atoms with Crippen LogP contribution in [0.25, 0.3) is 0 Å². The first-order chi connectivity index (χ1) is 14.0. The number of aromatic nitrogens is 2. The smallest absolute Gasteiger partial charge is 0.256 e. The second kappa shape index (κ2) is 9.49. The largest absolute Gasteiger partial charge is 0.398 e. The Morgan fingerprint density at radius 3 is 2.52 bits per heavy atom. The highest BCUT2D eigenvalue weighted by molar-refractivity contribution is 6.12. The molecule has 1 saturated heterocycles. The predicted molar refractivity (Wildman–Crippen MR) is 116 cm³/mol. The molecule has 1 saturated carbocycles. The number of para-hydroxylation sites is 1. The van der Waals surface area contributed by atoms with Gasteiger partial charge in [0.1, 0.15) is 0 Å². The molecule has 2 heterocycles. The van der Waals surface area contributed by atoms with E-state index in [9.17, 15) is 4.79 Å². The lowest BCUT2D eigenvalue weighted by atomic mass is 9.88. The fraction of sp³-hybridized carbons (Fsp3) is 0.455. The number of piperidine rings is 1. The van der Waals surface area contributed by atoms with E-state index < -0.39 is 0 Å². The van der Waals surface area contributed by atoms with Crippen molar-refractivity contribution < 1.29 is 4.79 Å². The normalized spacial score (nSPS) is 21.5. The van der Waals surface area contributed by atoms with Crippen LogP contribution in [0.15, 0.2) is 36.7 Å². The number of amides is 1. The van der Waals surface area contributed by atoms with Gasteiger partial charge in [-0.05, 0) is 56.7 Å². The quantitative estimate of drug-likeness (QED) is 0.540. The van der Waals surface area contributed by atoms with Gasteiger partial charge in [-0.1, -0.05) is 12.1 Å². The maximum Gasteiger partial charge on any atom is 0.256 e. The summed E-state index contributed by atoms with van der Waals surface area (Å²) in [6, 6.07) is 8.18. The van der Waals surface area contributed by atoms with Gasteiger partial charge < -0.3 is 21.5 Å². The van der Waals surface area contributed by atoms with E-state index in [2.05, 4.69) is 22.9 Å². The minimum absolute atomic E-state index is 0.0432. The number of likely N-dealkylation sites (tertiary alicyclic amines) is 1. The molecule has 0 radical (unpaired) electrons. The van der Waals surface area contributed by atoms with Crippen molar-refractivity contribution in [2.75, 3.05) is 12.3 Å². The molecule has 1 aliphatic carbocycles. The van der Waals surface area contributed by atoms with Gasteiger partial charge in [0.15, 0.2) is 0 Å². The molecular weight excluding hydrogens is 364 g/mol. The molecule has 1 aliphatic heterocycles. The molecule has 154 valence electrons. The molecule has 1 aromatic heterocycles. The van der Waals surface area contributed by atoms with Gasteiger partial charge in [-0.3, -0.25) is 9.48 Å². The highest BCUT2D eigenvalue weighted by atomic mass is 16.2. The number of nitrogens with zero attached hydrogens (tertiary/aromatic N) is 3. The fourth-order valence-corrected chi connectivity index (χ4v) is 3.92. The van der Waals surface area contributed by atoms with Gasteiger partial charge in [0.05, 0.1) is 17.8 Å². The van der Waals surface area contributed by atoms with Crippen molar-refractivity contribution in [2.45, 2.75) is 57.0 Å². The van der Waals surface area contributed by atoms with E-state index in [4.69, 9.17) is 16.6 Å². The number of carbonyl (C=O) groups excluding carboxylic acids is 1.